The van der Waals surface area contributed by atoms with Crippen molar-refractivity contribution in [1.29, 1.82) is 0 Å². The van der Waals surface area contributed by atoms with Gasteiger partial charge in [0.05, 0.1) is 5.60 Å². The van der Waals surface area contributed by atoms with Crippen molar-refractivity contribution in [1.82, 2.24) is 0 Å². The Bertz CT molecular complexity index is 143. The van der Waals surface area contributed by atoms with Gasteiger partial charge in [0.1, 0.15) is 0 Å². The van der Waals surface area contributed by atoms with Crippen LogP contribution < -0.4 is 0 Å². The van der Waals surface area contributed by atoms with Crippen LogP contribution in [0.1, 0.15) is 45.4 Å². The molecule has 1 rings (SSSR count). The fraction of sp³-hybridized carbons (Fsp3) is 1.00. The average molecular weight is 186 g/mol. The molecule has 0 spiro atoms. The summed E-state index contributed by atoms with van der Waals surface area (Å²) in [5.41, 5.74) is -0.411. The van der Waals surface area contributed by atoms with Crippen molar-refractivity contribution in [3.8, 4) is 0 Å². The first-order valence-corrected chi connectivity index (χ1v) is 5.38. The molecule has 0 aromatic rings. The van der Waals surface area contributed by atoms with Gasteiger partial charge in [0, 0.05) is 13.7 Å². The number of hydrogen-bond acceptors (Lipinski definition) is 2. The van der Waals surface area contributed by atoms with Crippen LogP contribution in [0, 0.1) is 5.92 Å². The smallest absolute Gasteiger partial charge is 0.0647 e. The quantitative estimate of drug-likeness (QED) is 0.683. The minimum Gasteiger partial charge on any atom is -0.390 e. The molecule has 0 aromatic heterocycles. The zero-order chi connectivity index (χ0) is 9.73. The second kappa shape index (κ2) is 4.97. The average Bonchev–Trinajstić information content (AvgIpc) is 2.08. The fourth-order valence-electron chi connectivity index (χ4n) is 2.32. The summed E-state index contributed by atoms with van der Waals surface area (Å²) in [5.74, 6) is 0.497. The summed E-state index contributed by atoms with van der Waals surface area (Å²) in [6.07, 6.45) is 6.83. The third-order valence-electron chi connectivity index (χ3n) is 3.27. The van der Waals surface area contributed by atoms with Crippen molar-refractivity contribution in [3.63, 3.8) is 0 Å². The second-order valence-electron chi connectivity index (χ2n) is 4.43. The summed E-state index contributed by atoms with van der Waals surface area (Å²) in [4.78, 5) is 0. The molecule has 0 unspecified atom stereocenters. The van der Waals surface area contributed by atoms with Gasteiger partial charge < -0.3 is 9.84 Å². The minimum atomic E-state index is -0.411. The van der Waals surface area contributed by atoms with Gasteiger partial charge in [0.15, 0.2) is 0 Å². The van der Waals surface area contributed by atoms with Gasteiger partial charge in [-0.1, -0.05) is 12.8 Å². The predicted molar refractivity (Wildman–Crippen MR) is 53.7 cm³/mol. The van der Waals surface area contributed by atoms with Crippen LogP contribution in [0.2, 0.25) is 0 Å². The second-order valence-corrected chi connectivity index (χ2v) is 4.43. The first kappa shape index (κ1) is 11.0. The van der Waals surface area contributed by atoms with Crippen molar-refractivity contribution in [3.05, 3.63) is 0 Å². The van der Waals surface area contributed by atoms with Gasteiger partial charge in [-0.25, -0.2) is 0 Å². The number of methoxy groups -OCH3 is 1. The minimum absolute atomic E-state index is 0.411. The van der Waals surface area contributed by atoms with Gasteiger partial charge in [-0.05, 0) is 38.5 Å². The third-order valence-corrected chi connectivity index (χ3v) is 3.27. The molecule has 0 aliphatic heterocycles. The highest BCUT2D eigenvalue weighted by molar-refractivity contribution is 4.85. The van der Waals surface area contributed by atoms with E-state index in [4.69, 9.17) is 4.74 Å². The highest BCUT2D eigenvalue weighted by atomic mass is 16.5. The van der Waals surface area contributed by atoms with Crippen molar-refractivity contribution >= 4 is 0 Å². The summed E-state index contributed by atoms with van der Waals surface area (Å²) in [7, 11) is 1.74. The molecule has 1 aliphatic rings. The van der Waals surface area contributed by atoms with Crippen molar-refractivity contribution in [2.24, 2.45) is 5.92 Å². The molecule has 0 bridgehead atoms. The molecule has 0 radical (unpaired) electrons. The molecule has 13 heavy (non-hydrogen) atoms. The molecular formula is C11H22O2. The van der Waals surface area contributed by atoms with Crippen LogP contribution in [-0.2, 0) is 4.74 Å². The number of hydrogen-bond donors (Lipinski definition) is 1. The molecule has 1 N–H and O–H groups in total. The van der Waals surface area contributed by atoms with Gasteiger partial charge >= 0.3 is 0 Å². The van der Waals surface area contributed by atoms with Gasteiger partial charge in [-0.15, -0.1) is 0 Å². The van der Waals surface area contributed by atoms with E-state index in [1.807, 2.05) is 6.92 Å². The standard InChI is InChI=1S/C11H22O2/c1-11(12)8-4-3-6-10(11)7-5-9-13-2/h10,12H,3-9H2,1-2H3/t10-,11+/m0/s1. The Labute approximate surface area is 81.3 Å². The Morgan fingerprint density at radius 3 is 2.85 bits per heavy atom. The van der Waals surface area contributed by atoms with Gasteiger partial charge in [-0.3, -0.25) is 0 Å². The van der Waals surface area contributed by atoms with Crippen molar-refractivity contribution < 1.29 is 9.84 Å². The molecule has 0 amide bonds. The summed E-state index contributed by atoms with van der Waals surface area (Å²) in [6.45, 7) is 2.82. The normalized spacial score (nSPS) is 34.8. The van der Waals surface area contributed by atoms with E-state index in [0.29, 0.717) is 5.92 Å². The van der Waals surface area contributed by atoms with E-state index in [1.165, 1.54) is 19.3 Å². The monoisotopic (exact) mass is 186 g/mol. The lowest BCUT2D eigenvalue weighted by Crippen LogP contribution is -2.37. The number of aliphatic hydroxyl groups is 1. The van der Waals surface area contributed by atoms with Crippen LogP contribution in [0.3, 0.4) is 0 Å². The maximum atomic E-state index is 10.1. The lowest BCUT2D eigenvalue weighted by Gasteiger charge is -2.37. The highest BCUT2D eigenvalue weighted by Gasteiger charge is 2.33. The number of rotatable bonds is 4. The zero-order valence-corrected chi connectivity index (χ0v) is 8.88. The molecule has 0 heterocycles. The topological polar surface area (TPSA) is 29.5 Å². The van der Waals surface area contributed by atoms with E-state index in [9.17, 15) is 5.11 Å². The van der Waals surface area contributed by atoms with Gasteiger partial charge in [-0.2, -0.15) is 0 Å². The molecule has 0 aromatic carbocycles. The molecule has 2 heteroatoms. The van der Waals surface area contributed by atoms with E-state index in [0.717, 1.165) is 25.9 Å². The summed E-state index contributed by atoms with van der Waals surface area (Å²) in [6, 6.07) is 0. The molecule has 1 fully saturated rings. The van der Waals surface area contributed by atoms with E-state index < -0.39 is 5.60 Å². The molecule has 1 aliphatic carbocycles. The summed E-state index contributed by atoms with van der Waals surface area (Å²) >= 11 is 0. The SMILES string of the molecule is COCCC[C@@H]1CCCC[C@@]1(C)O. The largest absolute Gasteiger partial charge is 0.390 e. The predicted octanol–water partition coefficient (Wildman–Crippen LogP) is 2.35. The molecule has 2 nitrogen and oxygen atoms in total. The summed E-state index contributed by atoms with van der Waals surface area (Å²) < 4.78 is 5.02. The number of ether oxygens (including phenoxy) is 1. The Kier molecular flexibility index (Phi) is 4.20. The molecule has 0 saturated heterocycles. The van der Waals surface area contributed by atoms with Crippen LogP contribution in [0.4, 0.5) is 0 Å². The van der Waals surface area contributed by atoms with E-state index in [-0.39, 0.29) is 0 Å². The van der Waals surface area contributed by atoms with E-state index in [2.05, 4.69) is 0 Å². The van der Waals surface area contributed by atoms with Crippen LogP contribution in [0.15, 0.2) is 0 Å². The van der Waals surface area contributed by atoms with Gasteiger partial charge in [0.25, 0.3) is 0 Å². The highest BCUT2D eigenvalue weighted by Crippen LogP contribution is 2.36. The van der Waals surface area contributed by atoms with Crippen molar-refractivity contribution in [2.75, 3.05) is 13.7 Å². The Hall–Kier alpha value is -0.0800. The van der Waals surface area contributed by atoms with Crippen LogP contribution >= 0.6 is 0 Å². The summed E-state index contributed by atoms with van der Waals surface area (Å²) in [5, 5.41) is 10.1. The first-order valence-electron chi connectivity index (χ1n) is 5.38. The molecule has 2 atom stereocenters. The van der Waals surface area contributed by atoms with Crippen molar-refractivity contribution in [2.45, 2.75) is 51.0 Å². The Balaban J connectivity index is 2.29. The maximum absolute atomic E-state index is 10.1. The fourth-order valence-corrected chi connectivity index (χ4v) is 2.32. The first-order chi connectivity index (χ1) is 6.17. The molecule has 78 valence electrons. The van der Waals surface area contributed by atoms with Crippen LogP contribution in [-0.4, -0.2) is 24.4 Å². The zero-order valence-electron chi connectivity index (χ0n) is 8.88. The Morgan fingerprint density at radius 2 is 2.23 bits per heavy atom. The van der Waals surface area contributed by atoms with E-state index >= 15 is 0 Å². The Morgan fingerprint density at radius 1 is 1.46 bits per heavy atom. The molecular weight excluding hydrogens is 164 g/mol. The third kappa shape index (κ3) is 3.28. The maximum Gasteiger partial charge on any atom is 0.0647 e. The lowest BCUT2D eigenvalue weighted by molar-refractivity contribution is -0.0372. The van der Waals surface area contributed by atoms with Crippen LogP contribution in [0.25, 0.3) is 0 Å². The van der Waals surface area contributed by atoms with E-state index in [1.54, 1.807) is 7.11 Å². The van der Waals surface area contributed by atoms with Crippen LogP contribution in [0.5, 0.6) is 0 Å². The van der Waals surface area contributed by atoms with Gasteiger partial charge in [0.2, 0.25) is 0 Å². The molecule has 1 saturated carbocycles. The lowest BCUT2D eigenvalue weighted by atomic mass is 9.74.